The summed E-state index contributed by atoms with van der Waals surface area (Å²) < 4.78 is 80.6. The molecule has 8 heteroatoms. The van der Waals surface area contributed by atoms with Gasteiger partial charge in [0.25, 0.3) is 0 Å². The van der Waals surface area contributed by atoms with Crippen LogP contribution >= 0.6 is 0 Å². The zero-order valence-corrected chi connectivity index (χ0v) is 10.4. The van der Waals surface area contributed by atoms with Gasteiger partial charge in [0.1, 0.15) is 11.5 Å². The minimum atomic E-state index is -5.27. The fraction of sp³-hybridized carbons (Fsp3) is 0.0769. The first-order valence-corrected chi connectivity index (χ1v) is 5.82. The van der Waals surface area contributed by atoms with Crippen LogP contribution in [-0.2, 0) is 6.18 Å². The zero-order chi connectivity index (χ0) is 15.7. The van der Waals surface area contributed by atoms with E-state index in [2.05, 4.69) is 0 Å². The normalized spacial score (nSPS) is 12.3. The average molecular weight is 305 g/mol. The van der Waals surface area contributed by atoms with E-state index in [0.29, 0.717) is 0 Å². The van der Waals surface area contributed by atoms with Gasteiger partial charge in [-0.05, 0) is 30.3 Å². The molecule has 0 saturated carbocycles. The quantitative estimate of drug-likeness (QED) is 0.597. The van der Waals surface area contributed by atoms with Crippen molar-refractivity contribution in [3.05, 3.63) is 54.1 Å². The Kier molecular flexibility index (Phi) is 3.89. The Morgan fingerprint density at radius 2 is 1.38 bits per heavy atom. The van der Waals surface area contributed by atoms with Gasteiger partial charge in [0.15, 0.2) is 0 Å². The summed E-state index contributed by atoms with van der Waals surface area (Å²) in [7, 11) is 0. The molecule has 2 aromatic rings. The van der Waals surface area contributed by atoms with Crippen LogP contribution in [0.25, 0.3) is 0 Å². The summed E-state index contributed by atoms with van der Waals surface area (Å²) in [6.07, 6.45) is -4.51. The minimum absolute atomic E-state index is 0.101. The topological polar surface area (TPSA) is 9.23 Å². The lowest BCUT2D eigenvalue weighted by Gasteiger charge is -2.19. The summed E-state index contributed by atoms with van der Waals surface area (Å²) in [5.74, 6) is -0.541. The van der Waals surface area contributed by atoms with E-state index in [4.69, 9.17) is 4.74 Å². The highest BCUT2D eigenvalue weighted by Crippen LogP contribution is 2.31. The molecule has 0 saturated heterocycles. The van der Waals surface area contributed by atoms with Crippen molar-refractivity contribution in [1.29, 1.82) is 0 Å². The third kappa shape index (κ3) is 3.71. The van der Waals surface area contributed by atoms with Crippen LogP contribution in [0.15, 0.2) is 48.5 Å². The number of benzene rings is 2. The van der Waals surface area contributed by atoms with Crippen molar-refractivity contribution in [1.82, 2.24) is 0 Å². The summed E-state index contributed by atoms with van der Waals surface area (Å²) in [4.78, 5) is 0. The van der Waals surface area contributed by atoms with E-state index in [-0.39, 0.29) is 5.75 Å². The summed E-state index contributed by atoms with van der Waals surface area (Å²) in [5.41, 5.74) is -1.83. The highest BCUT2D eigenvalue weighted by molar-refractivity contribution is 6.74. The molecule has 0 aromatic heterocycles. The lowest BCUT2D eigenvalue weighted by Crippen LogP contribution is -2.34. The van der Waals surface area contributed by atoms with E-state index < -0.39 is 29.9 Å². The van der Waals surface area contributed by atoms with Gasteiger partial charge in [0.2, 0.25) is 0 Å². The van der Waals surface area contributed by atoms with Crippen LogP contribution in [0, 0.1) is 0 Å². The van der Waals surface area contributed by atoms with Gasteiger partial charge >= 0.3 is 13.2 Å². The first-order chi connectivity index (χ1) is 9.68. The molecular weight excluding hydrogens is 297 g/mol. The predicted molar refractivity (Wildman–Crippen MR) is 66.7 cm³/mol. The van der Waals surface area contributed by atoms with E-state index in [9.17, 15) is 26.1 Å². The highest BCUT2D eigenvalue weighted by atomic mass is 19.4. The number of para-hydroxylation sites is 1. The molecule has 112 valence electrons. The molecule has 21 heavy (non-hydrogen) atoms. The van der Waals surface area contributed by atoms with Crippen molar-refractivity contribution >= 4 is 12.4 Å². The summed E-state index contributed by atoms with van der Waals surface area (Å²) >= 11 is 0. The molecule has 0 N–H and O–H groups in total. The van der Waals surface area contributed by atoms with Gasteiger partial charge < -0.3 is 17.7 Å². The van der Waals surface area contributed by atoms with Crippen molar-refractivity contribution in [2.75, 3.05) is 0 Å². The highest BCUT2D eigenvalue weighted by Gasteiger charge is 2.31. The van der Waals surface area contributed by atoms with E-state index in [1.807, 2.05) is 0 Å². The molecule has 0 amide bonds. The second kappa shape index (κ2) is 5.35. The molecule has 0 aliphatic rings. The number of hydrogen-bond donors (Lipinski definition) is 0. The van der Waals surface area contributed by atoms with Crippen LogP contribution in [0.1, 0.15) is 5.56 Å². The smallest absolute Gasteiger partial charge is 0.460 e. The van der Waals surface area contributed by atoms with Crippen LogP contribution in [-0.4, -0.2) is 6.98 Å². The average Bonchev–Trinajstić information content (AvgIpc) is 2.37. The molecule has 0 heterocycles. The molecule has 1 nitrogen and oxygen atoms in total. The van der Waals surface area contributed by atoms with E-state index in [1.165, 1.54) is 12.1 Å². The van der Waals surface area contributed by atoms with Crippen LogP contribution < -0.4 is 10.2 Å². The number of hydrogen-bond acceptors (Lipinski definition) is 1. The van der Waals surface area contributed by atoms with Crippen LogP contribution in [0.2, 0.25) is 0 Å². The number of halogens is 6. The zero-order valence-electron chi connectivity index (χ0n) is 10.4. The lowest BCUT2D eigenvalue weighted by atomic mass is 9.79. The molecule has 0 bridgehead atoms. The van der Waals surface area contributed by atoms with Crippen LogP contribution in [0.5, 0.6) is 11.5 Å². The van der Waals surface area contributed by atoms with E-state index in [0.717, 1.165) is 36.4 Å². The summed E-state index contributed by atoms with van der Waals surface area (Å²) in [6.45, 7) is -5.27. The van der Waals surface area contributed by atoms with Gasteiger partial charge in [0.05, 0.1) is 5.56 Å². The fourth-order valence-corrected chi connectivity index (χ4v) is 1.68. The molecule has 2 aromatic carbocycles. The first kappa shape index (κ1) is 15.3. The number of rotatable bonds is 3. The maximum absolute atomic E-state index is 12.8. The molecule has 0 aliphatic carbocycles. The van der Waals surface area contributed by atoms with Gasteiger partial charge in [-0.3, -0.25) is 0 Å². The summed E-state index contributed by atoms with van der Waals surface area (Å²) in [5, 5.41) is 0. The van der Waals surface area contributed by atoms with Gasteiger partial charge in [-0.2, -0.15) is 13.2 Å². The lowest BCUT2D eigenvalue weighted by molar-refractivity contribution is -0.137. The van der Waals surface area contributed by atoms with Crippen molar-refractivity contribution in [3.63, 3.8) is 0 Å². The van der Waals surface area contributed by atoms with Crippen LogP contribution in [0.4, 0.5) is 26.1 Å². The molecule has 0 unspecified atom stereocenters. The Hall–Kier alpha value is -2.12. The molecule has 2 rings (SSSR count). The largest absolute Gasteiger partial charge is 0.513 e. The Bertz CT molecular complexity index is 618. The Morgan fingerprint density at radius 1 is 0.810 bits per heavy atom. The third-order valence-electron chi connectivity index (χ3n) is 2.68. The molecule has 0 spiro atoms. The van der Waals surface area contributed by atoms with E-state index in [1.54, 1.807) is 0 Å². The summed E-state index contributed by atoms with van der Waals surface area (Å²) in [6, 6.07) is 7.98. The van der Waals surface area contributed by atoms with Crippen molar-refractivity contribution in [2.24, 2.45) is 0 Å². The standard InChI is InChI=1S/C13H8BF6O/c15-13(16,17)9-5-7-10(8-6-9)21-12-4-2-1-3-11(12)14(18,19)20/h1-8H/q-1. The Labute approximate surface area is 116 Å². The molecule has 0 fully saturated rings. The SMILES string of the molecule is F[B-](F)(F)c1ccccc1Oc1ccc(C(F)(F)F)cc1. The molecule has 0 aliphatic heterocycles. The van der Waals surface area contributed by atoms with E-state index >= 15 is 0 Å². The van der Waals surface area contributed by atoms with Crippen molar-refractivity contribution < 1.29 is 30.9 Å². The Balaban J connectivity index is 2.27. The maximum atomic E-state index is 12.8. The maximum Gasteiger partial charge on any atom is 0.513 e. The molecular formula is C13H8BF6O-. The number of alkyl halides is 3. The fourth-order valence-electron chi connectivity index (χ4n) is 1.68. The molecule has 0 atom stereocenters. The van der Waals surface area contributed by atoms with Gasteiger partial charge in [0, 0.05) is 0 Å². The van der Waals surface area contributed by atoms with Gasteiger partial charge in [-0.1, -0.05) is 23.7 Å². The number of ether oxygens (including phenoxy) is 1. The second-order valence-electron chi connectivity index (χ2n) is 4.24. The van der Waals surface area contributed by atoms with Crippen molar-refractivity contribution in [2.45, 2.75) is 6.18 Å². The minimum Gasteiger partial charge on any atom is -0.460 e. The van der Waals surface area contributed by atoms with Crippen molar-refractivity contribution in [3.8, 4) is 11.5 Å². The third-order valence-corrected chi connectivity index (χ3v) is 2.68. The monoisotopic (exact) mass is 305 g/mol. The predicted octanol–water partition coefficient (Wildman–Crippen LogP) is 4.55. The van der Waals surface area contributed by atoms with Gasteiger partial charge in [-0.25, -0.2) is 0 Å². The molecule has 0 radical (unpaired) electrons. The Morgan fingerprint density at radius 3 is 1.90 bits per heavy atom. The first-order valence-electron chi connectivity index (χ1n) is 5.82. The van der Waals surface area contributed by atoms with Gasteiger partial charge in [-0.15, -0.1) is 0 Å². The van der Waals surface area contributed by atoms with Crippen LogP contribution in [0.3, 0.4) is 0 Å². The second-order valence-corrected chi connectivity index (χ2v) is 4.24.